The Hall–Kier alpha value is -3.32. The van der Waals surface area contributed by atoms with Crippen LogP contribution in [0.5, 0.6) is 0 Å². The average Bonchev–Trinajstić information content (AvgIpc) is 2.96. The lowest BCUT2D eigenvalue weighted by Gasteiger charge is -2.04. The van der Waals surface area contributed by atoms with Crippen LogP contribution in [0.15, 0.2) is 82.6 Å². The lowest BCUT2D eigenvalue weighted by Crippen LogP contribution is -2.06. The minimum atomic E-state index is -3.26. The summed E-state index contributed by atoms with van der Waals surface area (Å²) in [6.07, 6.45) is 7.51. The number of hydrogen-bond acceptors (Lipinski definition) is 4. The van der Waals surface area contributed by atoms with Crippen molar-refractivity contribution < 1.29 is 16.8 Å². The monoisotopic (exact) mass is 574 g/mol. The quantitative estimate of drug-likeness (QED) is 0.170. The summed E-state index contributed by atoms with van der Waals surface area (Å²) in [4.78, 5) is 0.687. The molecule has 0 heterocycles. The zero-order chi connectivity index (χ0) is 28.8. The van der Waals surface area contributed by atoms with E-state index in [1.807, 2.05) is 24.3 Å². The van der Waals surface area contributed by atoms with Crippen molar-refractivity contribution in [3.05, 3.63) is 95.1 Å². The van der Waals surface area contributed by atoms with E-state index in [1.165, 1.54) is 0 Å². The van der Waals surface area contributed by atoms with E-state index in [0.29, 0.717) is 22.6 Å². The van der Waals surface area contributed by atoms with Crippen molar-refractivity contribution in [1.29, 1.82) is 0 Å². The molecular weight excluding hydrogens is 537 g/mol. The molecule has 0 bridgehead atoms. The van der Waals surface area contributed by atoms with Gasteiger partial charge in [-0.2, -0.15) is 0 Å². The van der Waals surface area contributed by atoms with Gasteiger partial charge in [0.2, 0.25) is 0 Å². The van der Waals surface area contributed by atoms with Gasteiger partial charge in [-0.3, -0.25) is 0 Å². The molecular formula is C34H38O4S2. The lowest BCUT2D eigenvalue weighted by atomic mass is 10.1. The number of benzene rings is 3. The van der Waals surface area contributed by atoms with Gasteiger partial charge in [0.25, 0.3) is 0 Å². The fraction of sp³-hybridized carbons (Fsp3) is 0.353. The molecule has 3 aromatic carbocycles. The summed E-state index contributed by atoms with van der Waals surface area (Å²) >= 11 is 0. The molecule has 0 aliphatic rings. The Kier molecular flexibility index (Phi) is 12.1. The van der Waals surface area contributed by atoms with E-state index in [4.69, 9.17) is 0 Å². The van der Waals surface area contributed by atoms with Crippen molar-refractivity contribution in [3.8, 4) is 23.7 Å². The summed E-state index contributed by atoms with van der Waals surface area (Å²) < 4.78 is 50.0. The molecule has 0 aliphatic carbocycles. The Labute approximate surface area is 241 Å². The van der Waals surface area contributed by atoms with E-state index in [0.717, 1.165) is 60.8 Å². The number of hydrogen-bond donors (Lipinski definition) is 0. The van der Waals surface area contributed by atoms with Gasteiger partial charge in [-0.05, 0) is 85.6 Å². The molecule has 0 atom stereocenters. The van der Waals surface area contributed by atoms with Gasteiger partial charge in [-0.1, -0.05) is 76.1 Å². The van der Waals surface area contributed by atoms with E-state index in [-0.39, 0.29) is 11.5 Å². The summed E-state index contributed by atoms with van der Waals surface area (Å²) in [6, 6.07) is 21.1. The van der Waals surface area contributed by atoms with Crippen molar-refractivity contribution >= 4 is 19.7 Å². The molecule has 0 saturated heterocycles. The highest BCUT2D eigenvalue weighted by Crippen LogP contribution is 2.16. The van der Waals surface area contributed by atoms with Crippen LogP contribution in [-0.4, -0.2) is 28.3 Å². The van der Waals surface area contributed by atoms with Gasteiger partial charge in [-0.15, -0.1) is 0 Å². The van der Waals surface area contributed by atoms with Crippen LogP contribution in [0.3, 0.4) is 0 Å². The van der Waals surface area contributed by atoms with Crippen LogP contribution in [-0.2, 0) is 19.7 Å². The van der Waals surface area contributed by atoms with E-state index in [2.05, 4.69) is 37.5 Å². The summed E-state index contributed by atoms with van der Waals surface area (Å²) in [7, 11) is -6.51. The van der Waals surface area contributed by atoms with Crippen LogP contribution in [0, 0.1) is 23.7 Å². The first-order chi connectivity index (χ1) is 19.2. The topological polar surface area (TPSA) is 68.3 Å². The highest BCUT2D eigenvalue weighted by molar-refractivity contribution is 7.91. The Bertz CT molecular complexity index is 1440. The minimum absolute atomic E-state index is 0.180. The van der Waals surface area contributed by atoms with E-state index in [1.54, 1.807) is 48.5 Å². The Balaban J connectivity index is 1.58. The predicted octanol–water partition coefficient (Wildman–Crippen LogP) is 7.19. The van der Waals surface area contributed by atoms with Gasteiger partial charge in [0.15, 0.2) is 19.7 Å². The van der Waals surface area contributed by atoms with Crippen LogP contribution >= 0.6 is 0 Å². The summed E-state index contributed by atoms with van der Waals surface area (Å²) in [5.41, 5.74) is 3.15. The van der Waals surface area contributed by atoms with Crippen LogP contribution in [0.2, 0.25) is 0 Å². The second-order valence-corrected chi connectivity index (χ2v) is 14.1. The zero-order valence-corrected chi connectivity index (χ0v) is 25.1. The Morgan fingerprint density at radius 3 is 0.975 bits per heavy atom. The van der Waals surface area contributed by atoms with E-state index >= 15 is 0 Å². The number of sulfone groups is 2. The molecule has 0 saturated carbocycles. The highest BCUT2D eigenvalue weighted by atomic mass is 32.2. The Morgan fingerprint density at radius 2 is 0.700 bits per heavy atom. The normalized spacial score (nSPS) is 11.2. The Morgan fingerprint density at radius 1 is 0.425 bits per heavy atom. The van der Waals surface area contributed by atoms with E-state index < -0.39 is 19.7 Å². The molecule has 3 aromatic rings. The van der Waals surface area contributed by atoms with Crippen molar-refractivity contribution in [3.63, 3.8) is 0 Å². The third-order valence-electron chi connectivity index (χ3n) is 6.55. The molecule has 0 aliphatic heterocycles. The molecule has 0 fully saturated rings. The van der Waals surface area contributed by atoms with Crippen LogP contribution in [0.4, 0.5) is 0 Å². The fourth-order valence-electron chi connectivity index (χ4n) is 4.09. The highest BCUT2D eigenvalue weighted by Gasteiger charge is 2.14. The molecule has 0 unspecified atom stereocenters. The second-order valence-electron chi connectivity index (χ2n) is 9.89. The molecule has 210 valence electrons. The maximum absolute atomic E-state index is 12.5. The molecule has 0 N–H and O–H groups in total. The van der Waals surface area contributed by atoms with Gasteiger partial charge >= 0.3 is 0 Å². The second kappa shape index (κ2) is 15.5. The molecule has 6 heteroatoms. The SMILES string of the molecule is CCCCCCS(=O)(=O)c1ccc(C#Cc2ccc(C#Cc3ccc(S(=O)(=O)CCCCCC)cc3)cc2)cc1. The lowest BCUT2D eigenvalue weighted by molar-refractivity contribution is 0.587. The first-order valence-electron chi connectivity index (χ1n) is 14.0. The standard InChI is InChI=1S/C34H38O4S2/c1-3-5-7-9-27-39(35,36)33-23-19-31(20-24-33)17-15-29-11-13-30(14-12-29)16-18-32-21-25-34(26-22-32)40(37,38)28-10-8-6-4-2/h11-14,19-26H,3-10,27-28H2,1-2H3. The third kappa shape index (κ3) is 10.0. The van der Waals surface area contributed by atoms with Gasteiger partial charge in [0.05, 0.1) is 21.3 Å². The maximum Gasteiger partial charge on any atom is 0.178 e. The molecule has 0 amide bonds. The number of unbranched alkanes of at least 4 members (excludes halogenated alkanes) is 6. The molecule has 0 radical (unpaired) electrons. The first kappa shape index (κ1) is 31.2. The summed E-state index contributed by atoms with van der Waals surface area (Å²) in [6.45, 7) is 4.21. The van der Waals surface area contributed by atoms with E-state index in [9.17, 15) is 16.8 Å². The third-order valence-corrected chi connectivity index (χ3v) is 10.2. The van der Waals surface area contributed by atoms with Crippen LogP contribution < -0.4 is 0 Å². The van der Waals surface area contributed by atoms with Crippen molar-refractivity contribution in [2.45, 2.75) is 75.0 Å². The largest absolute Gasteiger partial charge is 0.224 e. The van der Waals surface area contributed by atoms with Gasteiger partial charge in [0.1, 0.15) is 0 Å². The number of rotatable bonds is 12. The smallest absolute Gasteiger partial charge is 0.178 e. The van der Waals surface area contributed by atoms with Crippen molar-refractivity contribution in [1.82, 2.24) is 0 Å². The molecule has 40 heavy (non-hydrogen) atoms. The minimum Gasteiger partial charge on any atom is -0.224 e. The van der Waals surface area contributed by atoms with Gasteiger partial charge in [0, 0.05) is 22.3 Å². The van der Waals surface area contributed by atoms with Crippen molar-refractivity contribution in [2.75, 3.05) is 11.5 Å². The maximum atomic E-state index is 12.5. The van der Waals surface area contributed by atoms with Crippen molar-refractivity contribution in [2.24, 2.45) is 0 Å². The summed E-state index contributed by atoms with van der Waals surface area (Å²) in [5, 5.41) is 0. The first-order valence-corrected chi connectivity index (χ1v) is 17.3. The predicted molar refractivity (Wildman–Crippen MR) is 164 cm³/mol. The molecule has 3 rings (SSSR count). The zero-order valence-electron chi connectivity index (χ0n) is 23.4. The van der Waals surface area contributed by atoms with Gasteiger partial charge in [-0.25, -0.2) is 16.8 Å². The summed E-state index contributed by atoms with van der Waals surface area (Å²) in [5.74, 6) is 12.7. The van der Waals surface area contributed by atoms with Crippen LogP contribution in [0.25, 0.3) is 0 Å². The molecule has 0 aromatic heterocycles. The molecule has 0 spiro atoms. The van der Waals surface area contributed by atoms with Crippen LogP contribution in [0.1, 0.15) is 87.5 Å². The molecule has 4 nitrogen and oxygen atoms in total. The fourth-order valence-corrected chi connectivity index (χ4v) is 6.83. The average molecular weight is 575 g/mol. The van der Waals surface area contributed by atoms with Gasteiger partial charge < -0.3 is 0 Å².